The van der Waals surface area contributed by atoms with Crippen molar-refractivity contribution in [1.29, 1.82) is 0 Å². The van der Waals surface area contributed by atoms with E-state index in [0.717, 1.165) is 0 Å². The summed E-state index contributed by atoms with van der Waals surface area (Å²) in [6.45, 7) is 10.7. The van der Waals surface area contributed by atoms with E-state index in [4.69, 9.17) is 20.8 Å². The highest BCUT2D eigenvalue weighted by Crippen LogP contribution is 2.24. The minimum absolute atomic E-state index is 0.0979. The Hall–Kier alpha value is -2.66. The van der Waals surface area contributed by atoms with Crippen molar-refractivity contribution in [2.45, 2.75) is 64.8 Å². The molecule has 2 N–H and O–H groups in total. The Balaban J connectivity index is 2.16. The first-order valence-corrected chi connectivity index (χ1v) is 12.3. The molecule has 2 amide bonds. The van der Waals surface area contributed by atoms with Crippen LogP contribution in [-0.2, 0) is 19.4 Å². The highest BCUT2D eigenvalue weighted by atomic mass is 35.5. The summed E-state index contributed by atoms with van der Waals surface area (Å²) in [6, 6.07) is 4.13. The molecular weight excluding hydrogens is 472 g/mol. The number of amides is 2. The number of halogens is 1. The minimum Gasteiger partial charge on any atom is -0.444 e. The lowest BCUT2D eigenvalue weighted by atomic mass is 10.0. The summed E-state index contributed by atoms with van der Waals surface area (Å²) in [6.07, 6.45) is -0.304. The number of nitrogens with zero attached hydrogens (tertiary/aromatic N) is 2. The van der Waals surface area contributed by atoms with Gasteiger partial charge in [-0.05, 0) is 57.7 Å². The van der Waals surface area contributed by atoms with Gasteiger partial charge in [-0.2, -0.15) is 0 Å². The van der Waals surface area contributed by atoms with Crippen molar-refractivity contribution in [3.05, 3.63) is 34.7 Å². The van der Waals surface area contributed by atoms with Crippen LogP contribution in [0, 0.1) is 12.8 Å². The third-order valence-electron chi connectivity index (χ3n) is 4.25. The molecule has 2 aromatic rings. The summed E-state index contributed by atoms with van der Waals surface area (Å²) in [7, 11) is -4.23. The molecule has 1 aromatic carbocycles. The number of hydrogen-bond donors (Lipinski definition) is 2. The molecular formula is C21H29ClN4O6S. The van der Waals surface area contributed by atoms with Crippen LogP contribution in [0.4, 0.5) is 10.5 Å². The molecule has 0 unspecified atom stereocenters. The Morgan fingerprint density at radius 2 is 1.88 bits per heavy atom. The predicted octanol–water partition coefficient (Wildman–Crippen LogP) is 4.06. The lowest BCUT2D eigenvalue weighted by Crippen LogP contribution is -2.35. The summed E-state index contributed by atoms with van der Waals surface area (Å²) in [4.78, 5) is 24.5. The molecule has 10 nitrogen and oxygen atoms in total. The van der Waals surface area contributed by atoms with Crippen LogP contribution in [0.3, 0.4) is 0 Å². The second kappa shape index (κ2) is 10.5. The Morgan fingerprint density at radius 3 is 2.48 bits per heavy atom. The molecule has 1 aromatic heterocycles. The zero-order valence-corrected chi connectivity index (χ0v) is 21.0. The highest BCUT2D eigenvalue weighted by molar-refractivity contribution is 7.91. The van der Waals surface area contributed by atoms with Gasteiger partial charge < -0.3 is 19.8 Å². The maximum absolute atomic E-state index is 12.7. The van der Waals surface area contributed by atoms with Crippen molar-refractivity contribution in [2.24, 2.45) is 5.92 Å². The zero-order chi connectivity index (χ0) is 25.0. The molecule has 0 saturated carbocycles. The number of rotatable bonds is 8. The van der Waals surface area contributed by atoms with Crippen LogP contribution in [0.1, 0.15) is 58.5 Å². The molecule has 0 spiro atoms. The molecule has 12 heteroatoms. The van der Waals surface area contributed by atoms with Crippen LogP contribution in [-0.4, -0.2) is 42.0 Å². The van der Waals surface area contributed by atoms with Crippen LogP contribution in [0.5, 0.6) is 0 Å². The molecule has 0 fully saturated rings. The van der Waals surface area contributed by atoms with Gasteiger partial charge in [0.2, 0.25) is 21.6 Å². The smallest absolute Gasteiger partial charge is 0.408 e. The number of hydrogen-bond acceptors (Lipinski definition) is 8. The fourth-order valence-electron chi connectivity index (χ4n) is 2.79. The number of alkyl carbamates (subject to hydrolysis) is 1. The third-order valence-corrected chi connectivity index (χ3v) is 6.00. The molecule has 2 rings (SSSR count). The molecule has 1 heterocycles. The van der Waals surface area contributed by atoms with E-state index in [9.17, 15) is 18.0 Å². The first-order chi connectivity index (χ1) is 15.2. The van der Waals surface area contributed by atoms with Gasteiger partial charge in [0, 0.05) is 10.7 Å². The average molecular weight is 501 g/mol. The van der Waals surface area contributed by atoms with Crippen LogP contribution in [0.25, 0.3) is 0 Å². The standard InChI is InChI=1S/C21H29ClN4O6S/c1-12(2)10-16(24-19(28)32-21(4,5)6)18-25-26-20(31-18)33(29,30)11-17(27)23-15-9-7-8-14(22)13(15)3/h7-9,12,16H,10-11H2,1-6H3,(H,23,27)(H,24,28)/t16-/m0/s1. The summed E-state index contributed by atoms with van der Waals surface area (Å²) in [5.74, 6) is -1.68. The van der Waals surface area contributed by atoms with Gasteiger partial charge in [-0.25, -0.2) is 13.2 Å². The van der Waals surface area contributed by atoms with Crippen molar-refractivity contribution in [3.8, 4) is 0 Å². The van der Waals surface area contributed by atoms with Crippen molar-refractivity contribution >= 4 is 39.1 Å². The van der Waals surface area contributed by atoms with Gasteiger partial charge >= 0.3 is 11.3 Å². The molecule has 0 saturated heterocycles. The second-order valence-electron chi connectivity index (χ2n) is 8.95. The molecule has 0 radical (unpaired) electrons. The summed E-state index contributed by atoms with van der Waals surface area (Å²) in [5.41, 5.74) is 0.284. The fourth-order valence-corrected chi connectivity index (χ4v) is 3.89. The normalized spacial score (nSPS) is 13.0. The van der Waals surface area contributed by atoms with Gasteiger partial charge in [0.15, 0.2) is 0 Å². The first-order valence-electron chi connectivity index (χ1n) is 10.3. The predicted molar refractivity (Wildman–Crippen MR) is 123 cm³/mol. The summed E-state index contributed by atoms with van der Waals surface area (Å²) < 4.78 is 35.9. The van der Waals surface area contributed by atoms with Crippen molar-refractivity contribution in [2.75, 3.05) is 11.1 Å². The van der Waals surface area contributed by atoms with Crippen molar-refractivity contribution in [1.82, 2.24) is 15.5 Å². The van der Waals surface area contributed by atoms with Gasteiger partial charge in [0.05, 0.1) is 0 Å². The van der Waals surface area contributed by atoms with Crippen LogP contribution >= 0.6 is 11.6 Å². The lowest BCUT2D eigenvalue weighted by Gasteiger charge is -2.22. The van der Waals surface area contributed by atoms with Gasteiger partial charge in [0.25, 0.3) is 0 Å². The molecule has 33 heavy (non-hydrogen) atoms. The lowest BCUT2D eigenvalue weighted by molar-refractivity contribution is -0.113. The quantitative estimate of drug-likeness (QED) is 0.552. The Kier molecular flexibility index (Phi) is 8.47. The first kappa shape index (κ1) is 26.6. The number of ether oxygens (including phenoxy) is 1. The zero-order valence-electron chi connectivity index (χ0n) is 19.4. The van der Waals surface area contributed by atoms with E-state index >= 15 is 0 Å². The molecule has 0 aliphatic heterocycles. The number of aromatic nitrogens is 2. The SMILES string of the molecule is Cc1c(Cl)cccc1NC(=O)CS(=O)(=O)c1nnc([C@H](CC(C)C)NC(=O)OC(C)(C)C)o1. The van der Waals surface area contributed by atoms with Gasteiger partial charge in [-0.3, -0.25) is 4.79 Å². The summed E-state index contributed by atoms with van der Waals surface area (Å²) in [5, 5.41) is 12.2. The van der Waals surface area contributed by atoms with E-state index < -0.39 is 44.5 Å². The number of carbonyl (C=O) groups is 2. The monoisotopic (exact) mass is 500 g/mol. The number of anilines is 1. The maximum Gasteiger partial charge on any atom is 0.408 e. The van der Waals surface area contributed by atoms with Gasteiger partial charge in [-0.15, -0.1) is 5.10 Å². The van der Waals surface area contributed by atoms with Crippen LogP contribution in [0.2, 0.25) is 5.02 Å². The number of carbonyl (C=O) groups excluding carboxylic acids is 2. The largest absolute Gasteiger partial charge is 0.444 e. The van der Waals surface area contributed by atoms with Crippen LogP contribution in [0.15, 0.2) is 27.8 Å². The Bertz CT molecular complexity index is 1110. The van der Waals surface area contributed by atoms with Crippen LogP contribution < -0.4 is 10.6 Å². The van der Waals surface area contributed by atoms with E-state index in [1.54, 1.807) is 45.9 Å². The minimum atomic E-state index is -4.23. The molecule has 182 valence electrons. The van der Waals surface area contributed by atoms with E-state index in [0.29, 0.717) is 22.7 Å². The van der Waals surface area contributed by atoms with E-state index in [2.05, 4.69) is 20.8 Å². The Morgan fingerprint density at radius 1 is 1.21 bits per heavy atom. The highest BCUT2D eigenvalue weighted by Gasteiger charge is 2.30. The third kappa shape index (κ3) is 8.01. The maximum atomic E-state index is 12.7. The fraction of sp³-hybridized carbons (Fsp3) is 0.524. The van der Waals surface area contributed by atoms with Gasteiger partial charge in [0.1, 0.15) is 17.4 Å². The topological polar surface area (TPSA) is 140 Å². The second-order valence-corrected chi connectivity index (χ2v) is 11.2. The Labute approximate surface area is 198 Å². The van der Waals surface area contributed by atoms with E-state index in [1.165, 1.54) is 0 Å². The van der Waals surface area contributed by atoms with Gasteiger partial charge in [-0.1, -0.05) is 36.6 Å². The average Bonchev–Trinajstić information content (AvgIpc) is 3.14. The van der Waals surface area contributed by atoms with Crippen molar-refractivity contribution in [3.63, 3.8) is 0 Å². The summed E-state index contributed by atoms with van der Waals surface area (Å²) >= 11 is 6.02. The molecule has 0 bridgehead atoms. The number of sulfone groups is 1. The molecule has 0 aliphatic rings. The molecule has 1 atom stereocenters. The van der Waals surface area contributed by atoms with Crippen molar-refractivity contribution < 1.29 is 27.2 Å². The number of benzene rings is 1. The molecule has 0 aliphatic carbocycles. The van der Waals surface area contributed by atoms with E-state index in [1.807, 2.05) is 13.8 Å². The number of nitrogens with one attached hydrogen (secondary N) is 2. The van der Waals surface area contributed by atoms with E-state index in [-0.39, 0.29) is 11.8 Å².